The van der Waals surface area contributed by atoms with E-state index < -0.39 is 5.97 Å². The molecule has 0 bridgehead atoms. The van der Waals surface area contributed by atoms with Crippen LogP contribution in [0.15, 0.2) is 66.7 Å². The summed E-state index contributed by atoms with van der Waals surface area (Å²) in [6.07, 6.45) is 6.36. The SMILES string of the molecule is CCCCc1ccc(C[C@]2(C)CCc3ccc(-c4ccccc4C(=O)O)cc3O2)cc1. The van der Waals surface area contributed by atoms with Crippen molar-refractivity contribution < 1.29 is 14.6 Å². The highest BCUT2D eigenvalue weighted by Gasteiger charge is 2.32. The molecule has 0 unspecified atom stereocenters. The third-order valence-corrected chi connectivity index (χ3v) is 6.24. The van der Waals surface area contributed by atoms with Crippen LogP contribution in [0.25, 0.3) is 11.1 Å². The van der Waals surface area contributed by atoms with Crippen molar-refractivity contribution in [1.29, 1.82) is 0 Å². The highest BCUT2D eigenvalue weighted by molar-refractivity contribution is 5.96. The summed E-state index contributed by atoms with van der Waals surface area (Å²) >= 11 is 0. The second kappa shape index (κ2) is 8.97. The smallest absolute Gasteiger partial charge is 0.336 e. The van der Waals surface area contributed by atoms with Gasteiger partial charge >= 0.3 is 5.97 Å². The van der Waals surface area contributed by atoms with E-state index in [2.05, 4.69) is 44.2 Å². The molecule has 0 saturated heterocycles. The Labute approximate surface area is 184 Å². The number of ether oxygens (including phenoxy) is 1. The van der Waals surface area contributed by atoms with Gasteiger partial charge in [0.15, 0.2) is 0 Å². The van der Waals surface area contributed by atoms with Crippen LogP contribution in [0.3, 0.4) is 0 Å². The molecular weight excluding hydrogens is 384 g/mol. The highest BCUT2D eigenvalue weighted by atomic mass is 16.5. The Balaban J connectivity index is 1.55. The molecule has 1 aliphatic rings. The number of aromatic carboxylic acids is 1. The average Bonchev–Trinajstić information content (AvgIpc) is 2.78. The molecule has 1 aliphatic heterocycles. The van der Waals surface area contributed by atoms with Crippen molar-refractivity contribution in [2.75, 3.05) is 0 Å². The highest BCUT2D eigenvalue weighted by Crippen LogP contribution is 2.38. The predicted octanol–water partition coefficient (Wildman–Crippen LogP) is 6.72. The molecule has 3 aromatic rings. The minimum Gasteiger partial charge on any atom is -0.487 e. The number of carboxylic acid groups (broad SMARTS) is 1. The Morgan fingerprint density at radius 3 is 2.52 bits per heavy atom. The van der Waals surface area contributed by atoms with Crippen LogP contribution in [0.4, 0.5) is 0 Å². The molecular formula is C28H30O3. The number of fused-ring (bicyclic) bond motifs is 1. The summed E-state index contributed by atoms with van der Waals surface area (Å²) in [5, 5.41) is 9.55. The molecule has 1 heterocycles. The van der Waals surface area contributed by atoms with Crippen molar-refractivity contribution in [2.45, 2.75) is 58.0 Å². The second-order valence-electron chi connectivity index (χ2n) is 8.82. The maximum Gasteiger partial charge on any atom is 0.336 e. The number of hydrogen-bond acceptors (Lipinski definition) is 2. The largest absolute Gasteiger partial charge is 0.487 e. The van der Waals surface area contributed by atoms with Gasteiger partial charge < -0.3 is 9.84 Å². The van der Waals surface area contributed by atoms with E-state index in [0.29, 0.717) is 5.56 Å². The Hall–Kier alpha value is -3.07. The number of benzene rings is 3. The molecule has 1 atom stereocenters. The third-order valence-electron chi connectivity index (χ3n) is 6.24. The first-order chi connectivity index (χ1) is 15.0. The van der Waals surface area contributed by atoms with E-state index in [-0.39, 0.29) is 5.60 Å². The maximum absolute atomic E-state index is 11.6. The van der Waals surface area contributed by atoms with Gasteiger partial charge in [-0.15, -0.1) is 0 Å². The molecule has 1 N–H and O–H groups in total. The van der Waals surface area contributed by atoms with Gasteiger partial charge in [-0.3, -0.25) is 0 Å². The van der Waals surface area contributed by atoms with Gasteiger partial charge in [0.2, 0.25) is 0 Å². The van der Waals surface area contributed by atoms with Crippen molar-refractivity contribution >= 4 is 5.97 Å². The number of aryl methyl sites for hydroxylation is 2. The summed E-state index contributed by atoms with van der Waals surface area (Å²) in [4.78, 5) is 11.6. The summed E-state index contributed by atoms with van der Waals surface area (Å²) in [6.45, 7) is 4.40. The molecule has 0 saturated carbocycles. The fourth-order valence-corrected chi connectivity index (χ4v) is 4.42. The van der Waals surface area contributed by atoms with E-state index in [9.17, 15) is 9.90 Å². The van der Waals surface area contributed by atoms with E-state index in [1.165, 1.54) is 29.5 Å². The Morgan fingerprint density at radius 1 is 1.03 bits per heavy atom. The number of carbonyl (C=O) groups is 1. The Kier molecular flexibility index (Phi) is 6.13. The first-order valence-electron chi connectivity index (χ1n) is 11.2. The summed E-state index contributed by atoms with van der Waals surface area (Å²) < 4.78 is 6.53. The minimum atomic E-state index is -0.915. The summed E-state index contributed by atoms with van der Waals surface area (Å²) in [6, 6.07) is 22.2. The minimum absolute atomic E-state index is 0.275. The van der Waals surface area contributed by atoms with Crippen LogP contribution < -0.4 is 4.74 Å². The lowest BCUT2D eigenvalue weighted by Gasteiger charge is -2.36. The molecule has 3 nitrogen and oxygen atoms in total. The van der Waals surface area contributed by atoms with Crippen LogP contribution in [0.1, 0.15) is 60.2 Å². The Morgan fingerprint density at radius 2 is 1.77 bits per heavy atom. The van der Waals surface area contributed by atoms with Crippen molar-refractivity contribution in [3.8, 4) is 16.9 Å². The molecule has 0 fully saturated rings. The van der Waals surface area contributed by atoms with Gasteiger partial charge in [-0.25, -0.2) is 4.79 Å². The van der Waals surface area contributed by atoms with Gasteiger partial charge in [0.25, 0.3) is 0 Å². The number of rotatable bonds is 7. The Bertz CT molecular complexity index is 1070. The second-order valence-corrected chi connectivity index (χ2v) is 8.82. The van der Waals surface area contributed by atoms with Gasteiger partial charge in [0, 0.05) is 6.42 Å². The molecule has 31 heavy (non-hydrogen) atoms. The van der Waals surface area contributed by atoms with Crippen molar-refractivity contribution in [1.82, 2.24) is 0 Å². The summed E-state index contributed by atoms with van der Waals surface area (Å²) in [5.74, 6) is -0.0486. The average molecular weight is 415 g/mol. The molecule has 0 radical (unpaired) electrons. The quantitative estimate of drug-likeness (QED) is 0.467. The molecule has 0 aromatic heterocycles. The first-order valence-corrected chi connectivity index (χ1v) is 11.2. The molecule has 3 heteroatoms. The normalized spacial score (nSPS) is 17.6. The van der Waals surface area contributed by atoms with E-state index in [1.807, 2.05) is 24.3 Å². The van der Waals surface area contributed by atoms with Crippen LogP contribution in [0, 0.1) is 0 Å². The number of hydrogen-bond donors (Lipinski definition) is 1. The first kappa shape index (κ1) is 21.2. The standard InChI is InChI=1S/C28H30O3/c1-3-4-7-20-10-12-21(13-11-20)19-28(2)17-16-22-14-15-23(18-26(22)31-28)24-8-5-6-9-25(24)27(29)30/h5-6,8-15,18H,3-4,7,16-17,19H2,1-2H3,(H,29,30)/t28-/m0/s1. The molecule has 4 rings (SSSR count). The zero-order chi connectivity index (χ0) is 21.8. The number of unbranched alkanes of at least 4 members (excludes halogenated alkanes) is 1. The van der Waals surface area contributed by atoms with Crippen molar-refractivity contribution in [2.24, 2.45) is 0 Å². The molecule has 160 valence electrons. The molecule has 0 spiro atoms. The topological polar surface area (TPSA) is 46.5 Å². The molecule has 3 aromatic carbocycles. The number of carboxylic acids is 1. The van der Waals surface area contributed by atoms with Crippen molar-refractivity contribution in [3.63, 3.8) is 0 Å². The maximum atomic E-state index is 11.6. The van der Waals surface area contributed by atoms with E-state index >= 15 is 0 Å². The summed E-state index contributed by atoms with van der Waals surface area (Å²) in [7, 11) is 0. The lowest BCUT2D eigenvalue weighted by molar-refractivity contribution is 0.0653. The van der Waals surface area contributed by atoms with Gasteiger partial charge in [0.05, 0.1) is 5.56 Å². The van der Waals surface area contributed by atoms with E-state index in [0.717, 1.165) is 42.6 Å². The molecule has 0 amide bonds. The zero-order valence-corrected chi connectivity index (χ0v) is 18.4. The predicted molar refractivity (Wildman–Crippen MR) is 125 cm³/mol. The summed E-state index contributed by atoms with van der Waals surface area (Å²) in [5.41, 5.74) is 5.50. The third kappa shape index (κ3) is 4.82. The van der Waals surface area contributed by atoms with Crippen LogP contribution in [0.2, 0.25) is 0 Å². The van der Waals surface area contributed by atoms with E-state index in [4.69, 9.17) is 4.74 Å². The van der Waals surface area contributed by atoms with Crippen LogP contribution >= 0.6 is 0 Å². The van der Waals surface area contributed by atoms with Crippen LogP contribution in [-0.4, -0.2) is 16.7 Å². The lowest BCUT2D eigenvalue weighted by atomic mass is 9.86. The monoisotopic (exact) mass is 414 g/mol. The van der Waals surface area contributed by atoms with Gasteiger partial charge in [-0.2, -0.15) is 0 Å². The fraction of sp³-hybridized carbons (Fsp3) is 0.321. The van der Waals surface area contributed by atoms with Crippen molar-refractivity contribution in [3.05, 3.63) is 89.0 Å². The molecule has 0 aliphatic carbocycles. The van der Waals surface area contributed by atoms with Gasteiger partial charge in [0.1, 0.15) is 11.4 Å². The van der Waals surface area contributed by atoms with Gasteiger partial charge in [-0.1, -0.05) is 67.9 Å². The zero-order valence-electron chi connectivity index (χ0n) is 18.4. The van der Waals surface area contributed by atoms with Gasteiger partial charge in [-0.05, 0) is 72.6 Å². The fourth-order valence-electron chi connectivity index (χ4n) is 4.42. The van der Waals surface area contributed by atoms with Crippen LogP contribution in [0.5, 0.6) is 5.75 Å². The lowest BCUT2D eigenvalue weighted by Crippen LogP contribution is -2.38. The van der Waals surface area contributed by atoms with Crippen LogP contribution in [-0.2, 0) is 19.3 Å². The van der Waals surface area contributed by atoms with E-state index in [1.54, 1.807) is 12.1 Å².